The number of piperazine rings is 1. The minimum atomic E-state index is -1.20. The van der Waals surface area contributed by atoms with Crippen LogP contribution < -0.4 is 5.32 Å². The molecule has 1 saturated heterocycles. The fraction of sp³-hybridized carbons (Fsp3) is 0.333. The van der Waals surface area contributed by atoms with Crippen LogP contribution in [0.2, 0.25) is 0 Å². The molecule has 0 aromatic carbocycles. The molecule has 0 spiro atoms. The predicted octanol–water partition coefficient (Wildman–Crippen LogP) is 0.0979. The van der Waals surface area contributed by atoms with E-state index in [4.69, 9.17) is 0 Å². The van der Waals surface area contributed by atoms with Crippen molar-refractivity contribution in [1.82, 2.24) is 15.2 Å². The number of hydrogen-bond donors (Lipinski definition) is 1. The lowest BCUT2D eigenvalue weighted by Crippen LogP contribution is -2.65. The quantitative estimate of drug-likeness (QED) is 0.577. The molecule has 1 aliphatic heterocycles. The number of aromatic nitrogens is 1. The smallest absolute Gasteiger partial charge is 0.273 e. The molecule has 1 N–H and O–H groups in total. The van der Waals surface area contributed by atoms with E-state index in [-0.39, 0.29) is 12.2 Å². The average molecular weight is 265 g/mol. The molecule has 6 nitrogen and oxygen atoms in total. The predicted molar refractivity (Wildman–Crippen MR) is 62.5 cm³/mol. The highest BCUT2D eigenvalue weighted by Crippen LogP contribution is 2.20. The maximum atomic E-state index is 13.0. The third-order valence-corrected chi connectivity index (χ3v) is 2.96. The minimum absolute atomic E-state index is 0.143. The Morgan fingerprint density at radius 3 is 2.74 bits per heavy atom. The Bertz CT molecular complexity index is 571. The van der Waals surface area contributed by atoms with Crippen molar-refractivity contribution in [3.05, 3.63) is 29.8 Å². The molecule has 7 heteroatoms. The first-order valence-corrected chi connectivity index (χ1v) is 5.61. The van der Waals surface area contributed by atoms with E-state index in [1.807, 2.05) is 0 Å². The van der Waals surface area contributed by atoms with Gasteiger partial charge in [-0.2, -0.15) is 4.39 Å². The SMILES string of the molecule is CC1(C)C(=O)NC(=O)CN1C(=O)c1cccc(F)n1. The van der Waals surface area contributed by atoms with Crippen LogP contribution in [0.5, 0.6) is 0 Å². The number of rotatable bonds is 1. The van der Waals surface area contributed by atoms with Gasteiger partial charge in [-0.1, -0.05) is 6.07 Å². The van der Waals surface area contributed by atoms with Gasteiger partial charge in [0.1, 0.15) is 17.8 Å². The number of carbonyl (C=O) groups excluding carboxylic acids is 3. The summed E-state index contributed by atoms with van der Waals surface area (Å²) in [6.07, 6.45) is 0. The van der Waals surface area contributed by atoms with E-state index in [1.165, 1.54) is 26.0 Å². The third-order valence-electron chi connectivity index (χ3n) is 2.96. The van der Waals surface area contributed by atoms with Gasteiger partial charge < -0.3 is 4.90 Å². The number of nitrogens with zero attached hydrogens (tertiary/aromatic N) is 2. The van der Waals surface area contributed by atoms with Gasteiger partial charge in [0.2, 0.25) is 11.9 Å². The van der Waals surface area contributed by atoms with Gasteiger partial charge in [0.05, 0.1) is 0 Å². The molecule has 0 unspecified atom stereocenters. The van der Waals surface area contributed by atoms with Crippen LogP contribution in [0.25, 0.3) is 0 Å². The van der Waals surface area contributed by atoms with E-state index in [0.717, 1.165) is 11.0 Å². The lowest BCUT2D eigenvalue weighted by Gasteiger charge is -2.39. The second kappa shape index (κ2) is 4.42. The van der Waals surface area contributed by atoms with Crippen LogP contribution in [0.15, 0.2) is 18.2 Å². The van der Waals surface area contributed by atoms with Gasteiger partial charge in [-0.15, -0.1) is 0 Å². The van der Waals surface area contributed by atoms with E-state index in [2.05, 4.69) is 10.3 Å². The van der Waals surface area contributed by atoms with Crippen molar-refractivity contribution in [1.29, 1.82) is 0 Å². The molecule has 19 heavy (non-hydrogen) atoms. The summed E-state index contributed by atoms with van der Waals surface area (Å²) in [7, 11) is 0. The molecule has 100 valence electrons. The van der Waals surface area contributed by atoms with Gasteiger partial charge in [-0.3, -0.25) is 19.7 Å². The van der Waals surface area contributed by atoms with Crippen LogP contribution in [-0.4, -0.2) is 39.7 Å². The molecule has 0 bridgehead atoms. The summed E-state index contributed by atoms with van der Waals surface area (Å²) in [6, 6.07) is 3.78. The second-order valence-electron chi connectivity index (χ2n) is 4.67. The summed E-state index contributed by atoms with van der Waals surface area (Å²) in [5, 5.41) is 2.15. The number of carbonyl (C=O) groups is 3. The summed E-state index contributed by atoms with van der Waals surface area (Å²) in [5.74, 6) is -2.60. The molecule has 1 aliphatic rings. The van der Waals surface area contributed by atoms with Gasteiger partial charge in [-0.25, -0.2) is 4.98 Å². The molecule has 1 aromatic rings. The van der Waals surface area contributed by atoms with Crippen molar-refractivity contribution >= 4 is 17.7 Å². The Labute approximate surface area is 108 Å². The second-order valence-corrected chi connectivity index (χ2v) is 4.67. The summed E-state index contributed by atoms with van der Waals surface area (Å²) < 4.78 is 13.0. The lowest BCUT2D eigenvalue weighted by atomic mass is 9.98. The first kappa shape index (κ1) is 13.1. The lowest BCUT2D eigenvalue weighted by molar-refractivity contribution is -0.143. The summed E-state index contributed by atoms with van der Waals surface area (Å²) in [6.45, 7) is 2.74. The fourth-order valence-electron chi connectivity index (χ4n) is 1.77. The topological polar surface area (TPSA) is 79.4 Å². The highest BCUT2D eigenvalue weighted by molar-refractivity contribution is 6.08. The molecule has 0 atom stereocenters. The Kier molecular flexibility index (Phi) is 3.05. The number of hydrogen-bond acceptors (Lipinski definition) is 4. The molecule has 2 rings (SSSR count). The van der Waals surface area contributed by atoms with E-state index >= 15 is 0 Å². The monoisotopic (exact) mass is 265 g/mol. The van der Waals surface area contributed by atoms with Crippen molar-refractivity contribution in [2.24, 2.45) is 0 Å². The van der Waals surface area contributed by atoms with E-state index in [0.29, 0.717) is 0 Å². The Balaban J connectivity index is 2.36. The summed E-state index contributed by atoms with van der Waals surface area (Å²) >= 11 is 0. The number of nitrogens with one attached hydrogen (secondary N) is 1. The van der Waals surface area contributed by atoms with Gasteiger partial charge in [0.15, 0.2) is 0 Å². The van der Waals surface area contributed by atoms with Crippen molar-refractivity contribution in [3.63, 3.8) is 0 Å². The van der Waals surface area contributed by atoms with Crippen molar-refractivity contribution in [2.75, 3.05) is 6.54 Å². The van der Waals surface area contributed by atoms with Crippen LogP contribution >= 0.6 is 0 Å². The van der Waals surface area contributed by atoms with Crippen LogP contribution in [0.4, 0.5) is 4.39 Å². The zero-order valence-electron chi connectivity index (χ0n) is 10.4. The molecule has 0 aliphatic carbocycles. The normalized spacial score (nSPS) is 18.2. The number of amides is 3. The largest absolute Gasteiger partial charge is 0.314 e. The molecule has 0 saturated carbocycles. The fourth-order valence-corrected chi connectivity index (χ4v) is 1.77. The molecular formula is C12H12FN3O3. The molecule has 2 heterocycles. The van der Waals surface area contributed by atoms with Gasteiger partial charge >= 0.3 is 0 Å². The van der Waals surface area contributed by atoms with Crippen molar-refractivity contribution < 1.29 is 18.8 Å². The maximum absolute atomic E-state index is 13.0. The van der Waals surface area contributed by atoms with Gasteiger partial charge in [0, 0.05) is 0 Å². The maximum Gasteiger partial charge on any atom is 0.273 e. The Morgan fingerprint density at radius 2 is 2.11 bits per heavy atom. The zero-order valence-corrected chi connectivity index (χ0v) is 10.4. The third kappa shape index (κ3) is 2.31. The highest BCUT2D eigenvalue weighted by Gasteiger charge is 2.44. The number of imide groups is 1. The Morgan fingerprint density at radius 1 is 1.42 bits per heavy atom. The Hall–Kier alpha value is -2.31. The number of halogens is 1. The first-order chi connectivity index (χ1) is 8.82. The van der Waals surface area contributed by atoms with Crippen molar-refractivity contribution in [3.8, 4) is 0 Å². The summed E-state index contributed by atoms with van der Waals surface area (Å²) in [5.41, 5.74) is -1.34. The molecule has 1 aromatic heterocycles. The van der Waals surface area contributed by atoms with Crippen molar-refractivity contribution in [2.45, 2.75) is 19.4 Å². The first-order valence-electron chi connectivity index (χ1n) is 5.61. The minimum Gasteiger partial charge on any atom is -0.314 e. The van der Waals surface area contributed by atoms with Gasteiger partial charge in [-0.05, 0) is 26.0 Å². The van der Waals surface area contributed by atoms with E-state index in [9.17, 15) is 18.8 Å². The highest BCUT2D eigenvalue weighted by atomic mass is 19.1. The van der Waals surface area contributed by atoms with E-state index < -0.39 is 29.2 Å². The molecule has 1 fully saturated rings. The van der Waals surface area contributed by atoms with Crippen LogP contribution in [0.3, 0.4) is 0 Å². The van der Waals surface area contributed by atoms with E-state index in [1.54, 1.807) is 0 Å². The zero-order chi connectivity index (χ0) is 14.2. The number of pyridine rings is 1. The average Bonchev–Trinajstić information content (AvgIpc) is 2.33. The molecule has 0 radical (unpaired) electrons. The molecular weight excluding hydrogens is 253 g/mol. The molecule has 3 amide bonds. The van der Waals surface area contributed by atoms with Crippen LogP contribution in [-0.2, 0) is 9.59 Å². The summed E-state index contributed by atoms with van der Waals surface area (Å²) in [4.78, 5) is 39.8. The van der Waals surface area contributed by atoms with Gasteiger partial charge in [0.25, 0.3) is 11.8 Å². The van der Waals surface area contributed by atoms with Crippen LogP contribution in [0.1, 0.15) is 24.3 Å². The van der Waals surface area contributed by atoms with Crippen LogP contribution in [0, 0.1) is 5.95 Å². The standard InChI is InChI=1S/C12H12FN3O3/c1-12(2)11(19)15-9(17)6-16(12)10(18)7-4-3-5-8(13)14-7/h3-5H,6H2,1-2H3,(H,15,17,19).